The Hall–Kier alpha value is -3.00. The Morgan fingerprint density at radius 3 is 2.74 bits per heavy atom. The average Bonchev–Trinajstić information content (AvgIpc) is 3.07. The summed E-state index contributed by atoms with van der Waals surface area (Å²) >= 11 is 0. The van der Waals surface area contributed by atoms with Crippen LogP contribution in [-0.4, -0.2) is 65.8 Å². The molecule has 2 heterocycles. The highest BCUT2D eigenvalue weighted by Crippen LogP contribution is 2.28. The quantitative estimate of drug-likeness (QED) is 0.461. The van der Waals surface area contributed by atoms with Crippen LogP contribution in [0.2, 0.25) is 0 Å². The molecule has 8 heteroatoms. The van der Waals surface area contributed by atoms with Gasteiger partial charge in [0.05, 0.1) is 12.2 Å². The molecule has 0 N–H and O–H groups in total. The van der Waals surface area contributed by atoms with Gasteiger partial charge in [-0.1, -0.05) is 5.16 Å². The second-order valence-corrected chi connectivity index (χ2v) is 6.40. The van der Waals surface area contributed by atoms with Crippen LogP contribution in [0, 0.1) is 0 Å². The summed E-state index contributed by atoms with van der Waals surface area (Å²) in [7, 11) is 3.98. The number of carbonyl (C=O) groups excluding carboxylic acids is 2. The van der Waals surface area contributed by atoms with Crippen LogP contribution in [0.25, 0.3) is 0 Å². The smallest absolute Gasteiger partial charge is 0.347 e. The summed E-state index contributed by atoms with van der Waals surface area (Å²) in [6.45, 7) is 3.28. The fraction of sp³-hybridized carbons (Fsp3) is 0.368. The molecule has 3 rings (SSSR count). The molecule has 0 fully saturated rings. The van der Waals surface area contributed by atoms with Gasteiger partial charge in [-0.15, -0.1) is 0 Å². The van der Waals surface area contributed by atoms with E-state index in [1.54, 1.807) is 19.2 Å². The number of pyridine rings is 1. The van der Waals surface area contributed by atoms with E-state index in [1.807, 2.05) is 31.1 Å². The van der Waals surface area contributed by atoms with Crippen molar-refractivity contribution in [2.75, 3.05) is 33.9 Å². The van der Waals surface area contributed by atoms with Crippen molar-refractivity contribution in [2.24, 2.45) is 5.16 Å². The third-order valence-electron chi connectivity index (χ3n) is 4.15. The number of likely N-dealkylation sites (N-methyl/N-ethyl adjacent to an activating group) is 1. The molecule has 0 unspecified atom stereocenters. The standard InChI is InChI=1S/C19H22N4O4/c1-4-26-17(24)12-27-21-18-13-5-6-20-9-14(13)19(25)16-11-23(10-15(16)18)8-7-22(2)3/h5-6,9-11H,4,7-8,12H2,1-3H3/b21-18-. The van der Waals surface area contributed by atoms with Crippen LogP contribution < -0.4 is 0 Å². The van der Waals surface area contributed by atoms with E-state index in [0.717, 1.165) is 13.1 Å². The monoisotopic (exact) mass is 370 g/mol. The van der Waals surface area contributed by atoms with Gasteiger partial charge in [0.25, 0.3) is 0 Å². The first-order valence-electron chi connectivity index (χ1n) is 8.70. The maximum absolute atomic E-state index is 12.8. The molecule has 0 bridgehead atoms. The largest absolute Gasteiger partial charge is 0.463 e. The number of hydrogen-bond donors (Lipinski definition) is 0. The van der Waals surface area contributed by atoms with E-state index in [0.29, 0.717) is 28.0 Å². The zero-order valence-corrected chi connectivity index (χ0v) is 15.6. The number of oxime groups is 1. The fourth-order valence-corrected chi connectivity index (χ4v) is 2.84. The number of carbonyl (C=O) groups is 2. The Labute approximate surface area is 157 Å². The van der Waals surface area contributed by atoms with E-state index in [-0.39, 0.29) is 19.0 Å². The zero-order chi connectivity index (χ0) is 19.4. The van der Waals surface area contributed by atoms with E-state index in [9.17, 15) is 9.59 Å². The SMILES string of the molecule is CCOC(=O)CO/N=C1/c2ccncc2C(=O)c2cn(CCN(C)C)cc21. The summed E-state index contributed by atoms with van der Waals surface area (Å²) in [5, 5.41) is 4.14. The minimum atomic E-state index is -0.493. The topological polar surface area (TPSA) is 86.0 Å². The van der Waals surface area contributed by atoms with Gasteiger partial charge in [-0.2, -0.15) is 0 Å². The molecule has 2 aromatic rings. The molecule has 1 aliphatic carbocycles. The lowest BCUT2D eigenvalue weighted by atomic mass is 9.87. The molecule has 0 radical (unpaired) electrons. The van der Waals surface area contributed by atoms with Crippen LogP contribution in [0.4, 0.5) is 0 Å². The van der Waals surface area contributed by atoms with Crippen molar-refractivity contribution < 1.29 is 19.2 Å². The van der Waals surface area contributed by atoms with Gasteiger partial charge in [-0.25, -0.2) is 4.79 Å². The summed E-state index contributed by atoms with van der Waals surface area (Å²) in [6, 6.07) is 1.72. The third-order valence-corrected chi connectivity index (χ3v) is 4.15. The lowest BCUT2D eigenvalue weighted by Crippen LogP contribution is -2.21. The molecule has 0 spiro atoms. The number of rotatable bonds is 7. The van der Waals surface area contributed by atoms with Crippen molar-refractivity contribution in [3.8, 4) is 0 Å². The van der Waals surface area contributed by atoms with Crippen molar-refractivity contribution >= 4 is 17.5 Å². The highest BCUT2D eigenvalue weighted by atomic mass is 16.7. The van der Waals surface area contributed by atoms with Gasteiger partial charge >= 0.3 is 5.97 Å². The minimum absolute atomic E-state index is 0.0963. The molecular formula is C19H22N4O4. The van der Waals surface area contributed by atoms with Gasteiger partial charge in [0.15, 0.2) is 5.78 Å². The predicted molar refractivity (Wildman–Crippen MR) is 98.9 cm³/mol. The lowest BCUT2D eigenvalue weighted by molar-refractivity contribution is -0.148. The highest BCUT2D eigenvalue weighted by Gasteiger charge is 2.30. The lowest BCUT2D eigenvalue weighted by Gasteiger charge is -2.16. The normalized spacial score (nSPS) is 14.2. The Bertz CT molecular complexity index is 886. The molecule has 142 valence electrons. The Kier molecular flexibility index (Phi) is 5.66. The summed E-state index contributed by atoms with van der Waals surface area (Å²) in [4.78, 5) is 35.7. The molecule has 0 aromatic carbocycles. The van der Waals surface area contributed by atoms with E-state index in [4.69, 9.17) is 9.57 Å². The summed E-state index contributed by atoms with van der Waals surface area (Å²) < 4.78 is 6.80. The van der Waals surface area contributed by atoms with Crippen LogP contribution in [-0.2, 0) is 20.9 Å². The fourth-order valence-electron chi connectivity index (χ4n) is 2.84. The van der Waals surface area contributed by atoms with Gasteiger partial charge in [0, 0.05) is 54.6 Å². The molecule has 27 heavy (non-hydrogen) atoms. The van der Waals surface area contributed by atoms with Crippen LogP contribution in [0.1, 0.15) is 34.0 Å². The number of ketones is 1. The number of fused-ring (bicyclic) bond motifs is 2. The molecule has 8 nitrogen and oxygen atoms in total. The maximum Gasteiger partial charge on any atom is 0.347 e. The molecular weight excluding hydrogens is 348 g/mol. The van der Waals surface area contributed by atoms with Gasteiger partial charge in [-0.3, -0.25) is 9.78 Å². The number of ether oxygens (including phenoxy) is 1. The Morgan fingerprint density at radius 1 is 1.22 bits per heavy atom. The summed E-state index contributed by atoms with van der Waals surface area (Å²) in [5.41, 5.74) is 2.84. The van der Waals surface area contributed by atoms with Crippen LogP contribution in [0.3, 0.4) is 0 Å². The predicted octanol–water partition coefficient (Wildman–Crippen LogP) is 1.32. The minimum Gasteiger partial charge on any atom is -0.463 e. The van der Waals surface area contributed by atoms with E-state index >= 15 is 0 Å². The van der Waals surface area contributed by atoms with Crippen LogP contribution in [0.5, 0.6) is 0 Å². The Balaban J connectivity index is 1.94. The van der Waals surface area contributed by atoms with Crippen molar-refractivity contribution in [1.82, 2.24) is 14.5 Å². The number of esters is 1. The van der Waals surface area contributed by atoms with Crippen molar-refractivity contribution in [1.29, 1.82) is 0 Å². The first-order chi connectivity index (χ1) is 13.0. The van der Waals surface area contributed by atoms with Gasteiger partial charge in [-0.05, 0) is 27.1 Å². The van der Waals surface area contributed by atoms with Crippen molar-refractivity contribution in [3.05, 3.63) is 53.1 Å². The molecule has 0 atom stereocenters. The maximum atomic E-state index is 12.8. The zero-order valence-electron chi connectivity index (χ0n) is 15.6. The van der Waals surface area contributed by atoms with E-state index in [2.05, 4.69) is 15.0 Å². The second-order valence-electron chi connectivity index (χ2n) is 6.40. The molecule has 2 aromatic heterocycles. The van der Waals surface area contributed by atoms with Gasteiger partial charge in [0.1, 0.15) is 5.71 Å². The van der Waals surface area contributed by atoms with Gasteiger partial charge < -0.3 is 19.0 Å². The number of aromatic nitrogens is 2. The first kappa shape index (κ1) is 18.8. The molecule has 1 aliphatic rings. The van der Waals surface area contributed by atoms with Crippen LogP contribution >= 0.6 is 0 Å². The third kappa shape index (κ3) is 4.06. The van der Waals surface area contributed by atoms with Crippen LogP contribution in [0.15, 0.2) is 36.0 Å². The van der Waals surface area contributed by atoms with E-state index in [1.165, 1.54) is 6.20 Å². The number of hydrogen-bond acceptors (Lipinski definition) is 7. The summed E-state index contributed by atoms with van der Waals surface area (Å²) in [6.07, 6.45) is 6.82. The summed E-state index contributed by atoms with van der Waals surface area (Å²) in [5.74, 6) is -0.589. The van der Waals surface area contributed by atoms with Crippen molar-refractivity contribution in [2.45, 2.75) is 13.5 Å². The molecule has 0 saturated heterocycles. The number of nitrogens with zero attached hydrogens (tertiary/aromatic N) is 4. The molecule has 0 aliphatic heterocycles. The van der Waals surface area contributed by atoms with Crippen molar-refractivity contribution in [3.63, 3.8) is 0 Å². The average molecular weight is 370 g/mol. The Morgan fingerprint density at radius 2 is 2.00 bits per heavy atom. The highest BCUT2D eigenvalue weighted by molar-refractivity contribution is 6.29. The van der Waals surface area contributed by atoms with E-state index < -0.39 is 5.97 Å². The first-order valence-corrected chi connectivity index (χ1v) is 8.70. The second kappa shape index (κ2) is 8.13. The van der Waals surface area contributed by atoms with Gasteiger partial charge in [0.2, 0.25) is 6.61 Å². The molecule has 0 amide bonds. The molecule has 0 saturated carbocycles.